The zero-order valence-corrected chi connectivity index (χ0v) is 18.8. The number of nitrogens with zero attached hydrogens (tertiary/aromatic N) is 1. The summed E-state index contributed by atoms with van der Waals surface area (Å²) in [6.07, 6.45) is -0.674. The monoisotopic (exact) mass is 468 g/mol. The molecule has 0 aliphatic carbocycles. The lowest BCUT2D eigenvalue weighted by Gasteiger charge is -2.40. The van der Waals surface area contributed by atoms with Gasteiger partial charge in [-0.1, -0.05) is 60.1 Å². The number of benzene rings is 3. The Bertz CT molecular complexity index is 1080. The summed E-state index contributed by atoms with van der Waals surface area (Å²) < 4.78 is 19.3. The highest BCUT2D eigenvalue weighted by Gasteiger charge is 2.37. The van der Waals surface area contributed by atoms with E-state index >= 15 is 0 Å². The number of rotatable bonds is 6. The average molecular weight is 469 g/mol. The van der Waals surface area contributed by atoms with Gasteiger partial charge in [-0.15, -0.1) is 0 Å². The van der Waals surface area contributed by atoms with E-state index < -0.39 is 18.2 Å². The molecule has 33 heavy (non-hydrogen) atoms. The standard InChI is InChI=1S/C26H26ClFN2O3/c27-20-9-4-8-19(14-20)25(29-22-11-5-10-21(28)15-22)23-16-30(13-12-24(23)31)26(32)33-17-18-6-2-1-3-7-18/h1-11,14-15,23-25,29,31H,12-13,16-17H2/t23-,24-,25-/m1/s1. The Morgan fingerprint density at radius 2 is 1.91 bits per heavy atom. The Balaban J connectivity index is 1.53. The fraction of sp³-hybridized carbons (Fsp3) is 0.269. The summed E-state index contributed by atoms with van der Waals surface area (Å²) in [7, 11) is 0. The van der Waals surface area contributed by atoms with Crippen LogP contribution in [0.3, 0.4) is 0 Å². The molecule has 1 amide bonds. The molecule has 0 spiro atoms. The Kier molecular flexibility index (Phi) is 7.47. The molecule has 1 fully saturated rings. The second kappa shape index (κ2) is 10.7. The minimum absolute atomic E-state index is 0.183. The number of likely N-dealkylation sites (tertiary alicyclic amines) is 1. The van der Waals surface area contributed by atoms with Crippen molar-refractivity contribution in [2.75, 3.05) is 18.4 Å². The number of ether oxygens (including phenoxy) is 1. The highest BCUT2D eigenvalue weighted by atomic mass is 35.5. The van der Waals surface area contributed by atoms with Gasteiger partial charge in [0.1, 0.15) is 12.4 Å². The lowest BCUT2D eigenvalue weighted by Crippen LogP contribution is -2.49. The molecule has 2 N–H and O–H groups in total. The van der Waals surface area contributed by atoms with E-state index in [9.17, 15) is 14.3 Å². The second-order valence-electron chi connectivity index (χ2n) is 8.19. The topological polar surface area (TPSA) is 61.8 Å². The maximum absolute atomic E-state index is 13.8. The molecule has 5 nitrogen and oxygen atoms in total. The molecule has 0 bridgehead atoms. The van der Waals surface area contributed by atoms with Crippen molar-refractivity contribution in [2.24, 2.45) is 5.92 Å². The van der Waals surface area contributed by atoms with Crippen LogP contribution in [-0.4, -0.2) is 35.3 Å². The number of halogens is 2. The van der Waals surface area contributed by atoms with Gasteiger partial charge in [-0.05, 0) is 47.9 Å². The maximum Gasteiger partial charge on any atom is 0.410 e. The number of aliphatic hydroxyl groups excluding tert-OH is 1. The normalized spacial score (nSPS) is 19.1. The van der Waals surface area contributed by atoms with E-state index in [1.807, 2.05) is 48.5 Å². The van der Waals surface area contributed by atoms with Gasteiger partial charge in [0.05, 0.1) is 12.1 Å². The molecule has 1 heterocycles. The number of aliphatic hydroxyl groups is 1. The van der Waals surface area contributed by atoms with Crippen molar-refractivity contribution in [3.63, 3.8) is 0 Å². The van der Waals surface area contributed by atoms with Crippen LogP contribution in [0.5, 0.6) is 0 Å². The third-order valence-electron chi connectivity index (χ3n) is 5.87. The molecular formula is C26H26ClFN2O3. The van der Waals surface area contributed by atoms with Crippen LogP contribution in [0.1, 0.15) is 23.6 Å². The molecular weight excluding hydrogens is 443 g/mol. The third kappa shape index (κ3) is 6.03. The number of amides is 1. The molecule has 3 atom stereocenters. The lowest BCUT2D eigenvalue weighted by molar-refractivity contribution is 0.0117. The predicted molar refractivity (Wildman–Crippen MR) is 127 cm³/mol. The van der Waals surface area contributed by atoms with Crippen LogP contribution >= 0.6 is 11.6 Å². The first-order chi connectivity index (χ1) is 16.0. The predicted octanol–water partition coefficient (Wildman–Crippen LogP) is 5.65. The quantitative estimate of drug-likeness (QED) is 0.490. The number of carbonyl (C=O) groups excluding carboxylic acids is 1. The van der Waals surface area contributed by atoms with E-state index in [2.05, 4.69) is 5.32 Å². The van der Waals surface area contributed by atoms with Crippen molar-refractivity contribution in [1.82, 2.24) is 4.90 Å². The highest BCUT2D eigenvalue weighted by molar-refractivity contribution is 6.30. The minimum Gasteiger partial charge on any atom is -0.445 e. The van der Waals surface area contributed by atoms with E-state index in [4.69, 9.17) is 16.3 Å². The van der Waals surface area contributed by atoms with Crippen LogP contribution in [0.4, 0.5) is 14.9 Å². The van der Waals surface area contributed by atoms with Gasteiger partial charge in [-0.2, -0.15) is 0 Å². The molecule has 4 rings (SSSR count). The van der Waals surface area contributed by atoms with Crippen molar-refractivity contribution in [2.45, 2.75) is 25.2 Å². The Hall–Kier alpha value is -3.09. The molecule has 7 heteroatoms. The molecule has 0 radical (unpaired) electrons. The van der Waals surface area contributed by atoms with Crippen molar-refractivity contribution in [1.29, 1.82) is 0 Å². The van der Waals surface area contributed by atoms with E-state index in [1.54, 1.807) is 23.1 Å². The number of anilines is 1. The Labute approximate surface area is 197 Å². The van der Waals surface area contributed by atoms with Crippen LogP contribution < -0.4 is 5.32 Å². The van der Waals surface area contributed by atoms with Crippen LogP contribution in [-0.2, 0) is 11.3 Å². The minimum atomic E-state index is -0.659. The van der Waals surface area contributed by atoms with Gasteiger partial charge in [0.15, 0.2) is 0 Å². The largest absolute Gasteiger partial charge is 0.445 e. The van der Waals surface area contributed by atoms with Gasteiger partial charge in [0.2, 0.25) is 0 Å². The van der Waals surface area contributed by atoms with Crippen molar-refractivity contribution < 1.29 is 19.0 Å². The summed E-state index contributed by atoms with van der Waals surface area (Å²) >= 11 is 6.24. The SMILES string of the molecule is O=C(OCc1ccccc1)N1CC[C@@H](O)[C@H]([C@H](Nc2cccc(F)c2)c2cccc(Cl)c2)C1. The average Bonchev–Trinajstić information content (AvgIpc) is 2.82. The number of nitrogens with one attached hydrogen (secondary N) is 1. The molecule has 3 aromatic carbocycles. The molecule has 1 aliphatic heterocycles. The Morgan fingerprint density at radius 1 is 1.12 bits per heavy atom. The van der Waals surface area contributed by atoms with Gasteiger partial charge < -0.3 is 20.1 Å². The molecule has 0 saturated carbocycles. The van der Waals surface area contributed by atoms with Crippen LogP contribution in [0, 0.1) is 11.7 Å². The zero-order chi connectivity index (χ0) is 23.2. The highest BCUT2D eigenvalue weighted by Crippen LogP contribution is 2.34. The van der Waals surface area contributed by atoms with Gasteiger partial charge >= 0.3 is 6.09 Å². The number of hydrogen-bond donors (Lipinski definition) is 2. The van der Waals surface area contributed by atoms with Crippen LogP contribution in [0.25, 0.3) is 0 Å². The van der Waals surface area contributed by atoms with E-state index in [-0.39, 0.29) is 24.9 Å². The van der Waals surface area contributed by atoms with Crippen molar-refractivity contribution in [3.8, 4) is 0 Å². The maximum atomic E-state index is 13.8. The van der Waals surface area contributed by atoms with E-state index in [1.165, 1.54) is 12.1 Å². The molecule has 3 aromatic rings. The molecule has 1 aliphatic rings. The van der Waals surface area contributed by atoms with E-state index in [0.717, 1.165) is 11.1 Å². The van der Waals surface area contributed by atoms with Crippen LogP contribution in [0.15, 0.2) is 78.9 Å². The molecule has 0 aromatic heterocycles. The zero-order valence-electron chi connectivity index (χ0n) is 18.0. The van der Waals surface area contributed by atoms with E-state index in [0.29, 0.717) is 23.7 Å². The third-order valence-corrected chi connectivity index (χ3v) is 6.10. The van der Waals surface area contributed by atoms with Crippen molar-refractivity contribution in [3.05, 3.63) is 101 Å². The number of carbonyl (C=O) groups is 1. The summed E-state index contributed by atoms with van der Waals surface area (Å²) in [5.74, 6) is -0.718. The summed E-state index contributed by atoms with van der Waals surface area (Å²) in [4.78, 5) is 14.4. The smallest absolute Gasteiger partial charge is 0.410 e. The number of piperidine rings is 1. The lowest BCUT2D eigenvalue weighted by atomic mass is 9.84. The molecule has 1 saturated heterocycles. The van der Waals surface area contributed by atoms with Gasteiger partial charge in [-0.3, -0.25) is 0 Å². The first-order valence-corrected chi connectivity index (χ1v) is 11.3. The van der Waals surface area contributed by atoms with Crippen LogP contribution in [0.2, 0.25) is 5.02 Å². The molecule has 0 unspecified atom stereocenters. The summed E-state index contributed by atoms with van der Waals surface area (Å²) in [6, 6.07) is 22.6. The summed E-state index contributed by atoms with van der Waals surface area (Å²) in [5.41, 5.74) is 2.33. The van der Waals surface area contributed by atoms with Gasteiger partial charge in [0.25, 0.3) is 0 Å². The summed E-state index contributed by atoms with van der Waals surface area (Å²) in [6.45, 7) is 0.866. The number of hydrogen-bond acceptors (Lipinski definition) is 4. The molecule has 172 valence electrons. The Morgan fingerprint density at radius 3 is 2.67 bits per heavy atom. The van der Waals surface area contributed by atoms with Gasteiger partial charge in [0, 0.05) is 29.7 Å². The fourth-order valence-corrected chi connectivity index (χ4v) is 4.37. The fourth-order valence-electron chi connectivity index (χ4n) is 4.17. The van der Waals surface area contributed by atoms with Crippen molar-refractivity contribution >= 4 is 23.4 Å². The van der Waals surface area contributed by atoms with Gasteiger partial charge in [-0.25, -0.2) is 9.18 Å². The first-order valence-electron chi connectivity index (χ1n) is 10.9. The first kappa shape index (κ1) is 23.1. The summed E-state index contributed by atoms with van der Waals surface area (Å²) in [5, 5.41) is 14.8. The second-order valence-corrected chi connectivity index (χ2v) is 8.63.